The first-order valence-corrected chi connectivity index (χ1v) is 5.72. The van der Waals surface area contributed by atoms with Crippen molar-refractivity contribution in [2.75, 3.05) is 0 Å². The zero-order chi connectivity index (χ0) is 11.6. The molecule has 1 rings (SSSR count). The summed E-state index contributed by atoms with van der Waals surface area (Å²) in [6.07, 6.45) is 2.83. The Hall–Kier alpha value is -0.990. The van der Waals surface area contributed by atoms with Crippen molar-refractivity contribution in [3.63, 3.8) is 0 Å². The standard InChI is InChI=1S/C12H22N2O/c1-6-8-9-10(7-2)13-14(11(9)15)12(3,4)5/h15H,6-8H2,1-5H3. The molecular formula is C12H22N2O. The predicted octanol–water partition coefficient (Wildman–Crippen LogP) is 2.86. The number of aromatic nitrogens is 2. The summed E-state index contributed by atoms with van der Waals surface area (Å²) in [4.78, 5) is 0. The second-order valence-corrected chi connectivity index (χ2v) is 4.94. The molecule has 0 spiro atoms. The minimum Gasteiger partial charge on any atom is -0.493 e. The van der Waals surface area contributed by atoms with Gasteiger partial charge in [-0.1, -0.05) is 20.3 Å². The van der Waals surface area contributed by atoms with Gasteiger partial charge in [0.25, 0.3) is 0 Å². The van der Waals surface area contributed by atoms with Crippen LogP contribution in [0.2, 0.25) is 0 Å². The summed E-state index contributed by atoms with van der Waals surface area (Å²) in [5.41, 5.74) is 1.90. The van der Waals surface area contributed by atoms with Gasteiger partial charge in [-0.3, -0.25) is 0 Å². The minimum absolute atomic E-state index is 0.153. The first-order valence-electron chi connectivity index (χ1n) is 5.72. The lowest BCUT2D eigenvalue weighted by atomic mass is 10.1. The zero-order valence-electron chi connectivity index (χ0n) is 10.5. The third kappa shape index (κ3) is 2.33. The van der Waals surface area contributed by atoms with Crippen molar-refractivity contribution in [3.05, 3.63) is 11.3 Å². The largest absolute Gasteiger partial charge is 0.493 e. The van der Waals surface area contributed by atoms with Crippen LogP contribution in [0.25, 0.3) is 0 Å². The highest BCUT2D eigenvalue weighted by Gasteiger charge is 2.23. The van der Waals surface area contributed by atoms with Crippen molar-refractivity contribution in [1.29, 1.82) is 0 Å². The van der Waals surface area contributed by atoms with Gasteiger partial charge in [0.1, 0.15) is 0 Å². The van der Waals surface area contributed by atoms with Gasteiger partial charge in [0.05, 0.1) is 11.2 Å². The SMILES string of the molecule is CCCc1c(CC)nn(C(C)(C)C)c1O. The van der Waals surface area contributed by atoms with Crippen LogP contribution >= 0.6 is 0 Å². The molecular weight excluding hydrogens is 188 g/mol. The molecule has 1 aromatic rings. The van der Waals surface area contributed by atoms with Crippen molar-refractivity contribution in [2.45, 2.75) is 59.4 Å². The van der Waals surface area contributed by atoms with Gasteiger partial charge in [-0.25, -0.2) is 4.68 Å². The Balaban J connectivity index is 3.22. The van der Waals surface area contributed by atoms with Crippen molar-refractivity contribution >= 4 is 0 Å². The lowest BCUT2D eigenvalue weighted by molar-refractivity contribution is 0.292. The fourth-order valence-corrected chi connectivity index (χ4v) is 1.74. The molecule has 86 valence electrons. The average molecular weight is 210 g/mol. The number of hydrogen-bond donors (Lipinski definition) is 1. The van der Waals surface area contributed by atoms with E-state index < -0.39 is 0 Å². The highest BCUT2D eigenvalue weighted by Crippen LogP contribution is 2.28. The first-order chi connectivity index (χ1) is 6.91. The van der Waals surface area contributed by atoms with Crippen LogP contribution in [0.1, 0.15) is 52.3 Å². The summed E-state index contributed by atoms with van der Waals surface area (Å²) in [6, 6.07) is 0. The van der Waals surface area contributed by atoms with Crippen LogP contribution in [0.4, 0.5) is 0 Å². The van der Waals surface area contributed by atoms with Gasteiger partial charge >= 0.3 is 0 Å². The van der Waals surface area contributed by atoms with Crippen molar-refractivity contribution in [3.8, 4) is 5.88 Å². The number of aryl methyl sites for hydroxylation is 1. The van der Waals surface area contributed by atoms with Gasteiger partial charge in [0.2, 0.25) is 5.88 Å². The third-order valence-corrected chi connectivity index (χ3v) is 2.51. The molecule has 0 saturated heterocycles. The van der Waals surface area contributed by atoms with E-state index in [2.05, 4.69) is 39.7 Å². The Kier molecular flexibility index (Phi) is 3.42. The maximum Gasteiger partial charge on any atom is 0.213 e. The third-order valence-electron chi connectivity index (χ3n) is 2.51. The zero-order valence-corrected chi connectivity index (χ0v) is 10.5. The molecule has 0 fully saturated rings. The molecule has 1 aromatic heterocycles. The summed E-state index contributed by atoms with van der Waals surface area (Å²) in [6.45, 7) is 10.3. The quantitative estimate of drug-likeness (QED) is 0.833. The highest BCUT2D eigenvalue weighted by atomic mass is 16.3. The maximum atomic E-state index is 10.1. The summed E-state index contributed by atoms with van der Waals surface area (Å²) in [5, 5.41) is 14.6. The molecule has 1 heterocycles. The van der Waals surface area contributed by atoms with Gasteiger partial charge in [0.15, 0.2) is 0 Å². The van der Waals surface area contributed by atoms with Crippen LogP contribution in [0, 0.1) is 0 Å². The number of aromatic hydroxyl groups is 1. The Labute approximate surface area is 92.1 Å². The first kappa shape index (κ1) is 12.1. The molecule has 0 amide bonds. The van der Waals surface area contributed by atoms with E-state index in [4.69, 9.17) is 0 Å². The van der Waals surface area contributed by atoms with Crippen molar-refractivity contribution < 1.29 is 5.11 Å². The molecule has 0 aromatic carbocycles. The lowest BCUT2D eigenvalue weighted by Crippen LogP contribution is -2.22. The van der Waals surface area contributed by atoms with Crippen LogP contribution in [-0.4, -0.2) is 14.9 Å². The summed E-state index contributed by atoms with van der Waals surface area (Å²) in [5.74, 6) is 0.348. The van der Waals surface area contributed by atoms with E-state index in [9.17, 15) is 5.11 Å². The molecule has 1 N–H and O–H groups in total. The molecule has 0 bridgehead atoms. The van der Waals surface area contributed by atoms with E-state index in [0.29, 0.717) is 5.88 Å². The topological polar surface area (TPSA) is 38.0 Å². The van der Waals surface area contributed by atoms with Gasteiger partial charge in [-0.2, -0.15) is 5.10 Å². The molecule has 0 unspecified atom stereocenters. The molecule has 0 aliphatic heterocycles. The van der Waals surface area contributed by atoms with Crippen molar-refractivity contribution in [2.24, 2.45) is 0 Å². The fourth-order valence-electron chi connectivity index (χ4n) is 1.74. The number of nitrogens with zero attached hydrogens (tertiary/aromatic N) is 2. The van der Waals surface area contributed by atoms with E-state index in [1.54, 1.807) is 4.68 Å². The molecule has 0 atom stereocenters. The predicted molar refractivity (Wildman–Crippen MR) is 62.3 cm³/mol. The molecule has 15 heavy (non-hydrogen) atoms. The Morgan fingerprint density at radius 1 is 1.27 bits per heavy atom. The highest BCUT2D eigenvalue weighted by molar-refractivity contribution is 5.31. The van der Waals surface area contributed by atoms with Gasteiger partial charge in [-0.15, -0.1) is 0 Å². The fraction of sp³-hybridized carbons (Fsp3) is 0.750. The van der Waals surface area contributed by atoms with Gasteiger partial charge in [0, 0.05) is 5.56 Å². The van der Waals surface area contributed by atoms with E-state index in [1.807, 2.05) is 0 Å². The van der Waals surface area contributed by atoms with Crippen LogP contribution in [0.5, 0.6) is 5.88 Å². The summed E-state index contributed by atoms with van der Waals surface area (Å²) >= 11 is 0. The Morgan fingerprint density at radius 3 is 2.27 bits per heavy atom. The Bertz CT molecular complexity index is 334. The monoisotopic (exact) mass is 210 g/mol. The van der Waals surface area contributed by atoms with Crippen LogP contribution in [0.15, 0.2) is 0 Å². The second kappa shape index (κ2) is 4.25. The number of rotatable bonds is 3. The molecule has 0 aliphatic rings. The van der Waals surface area contributed by atoms with Crippen LogP contribution in [-0.2, 0) is 18.4 Å². The minimum atomic E-state index is -0.153. The summed E-state index contributed by atoms with van der Waals surface area (Å²) < 4.78 is 1.73. The maximum absolute atomic E-state index is 10.1. The molecule has 0 radical (unpaired) electrons. The van der Waals surface area contributed by atoms with Gasteiger partial charge < -0.3 is 5.11 Å². The summed E-state index contributed by atoms with van der Waals surface area (Å²) in [7, 11) is 0. The number of hydrogen-bond acceptors (Lipinski definition) is 2. The van der Waals surface area contributed by atoms with Gasteiger partial charge in [-0.05, 0) is 33.6 Å². The van der Waals surface area contributed by atoms with E-state index in [0.717, 1.165) is 30.5 Å². The van der Waals surface area contributed by atoms with Crippen LogP contribution in [0.3, 0.4) is 0 Å². The van der Waals surface area contributed by atoms with E-state index in [-0.39, 0.29) is 5.54 Å². The second-order valence-electron chi connectivity index (χ2n) is 4.94. The van der Waals surface area contributed by atoms with Crippen LogP contribution < -0.4 is 0 Å². The molecule has 3 heteroatoms. The molecule has 3 nitrogen and oxygen atoms in total. The normalized spacial score (nSPS) is 12.1. The average Bonchev–Trinajstić information content (AvgIpc) is 2.44. The molecule has 0 aliphatic carbocycles. The Morgan fingerprint density at radius 2 is 1.87 bits per heavy atom. The van der Waals surface area contributed by atoms with Crippen molar-refractivity contribution in [1.82, 2.24) is 9.78 Å². The van der Waals surface area contributed by atoms with E-state index in [1.165, 1.54) is 0 Å². The molecule has 0 saturated carbocycles. The lowest BCUT2D eigenvalue weighted by Gasteiger charge is -2.20. The smallest absolute Gasteiger partial charge is 0.213 e. The van der Waals surface area contributed by atoms with E-state index >= 15 is 0 Å².